The molecule has 2 aromatic rings. The molecule has 0 saturated carbocycles. The molecule has 0 aromatic heterocycles. The van der Waals surface area contributed by atoms with Crippen LogP contribution in [0.3, 0.4) is 0 Å². The van der Waals surface area contributed by atoms with Gasteiger partial charge in [0.05, 0.1) is 6.54 Å². The number of ether oxygens (including phenoxy) is 2. The molecule has 1 aliphatic heterocycles. The van der Waals surface area contributed by atoms with Crippen molar-refractivity contribution in [3.63, 3.8) is 0 Å². The molecule has 1 heterocycles. The van der Waals surface area contributed by atoms with Gasteiger partial charge in [0.2, 0.25) is 0 Å². The van der Waals surface area contributed by atoms with E-state index in [0.29, 0.717) is 6.54 Å². The summed E-state index contributed by atoms with van der Waals surface area (Å²) in [6.07, 6.45) is 0.566. The maximum absolute atomic E-state index is 5.22. The molecule has 0 fully saturated rings. The van der Waals surface area contributed by atoms with Crippen molar-refractivity contribution < 1.29 is 9.47 Å². The Morgan fingerprint density at radius 2 is 1.68 bits per heavy atom. The quantitative estimate of drug-likeness (QED) is 0.882. The number of hydrogen-bond acceptors (Lipinski definition) is 3. The summed E-state index contributed by atoms with van der Waals surface area (Å²) >= 11 is 0. The van der Waals surface area contributed by atoms with Gasteiger partial charge in [-0.1, -0.05) is 42.5 Å². The lowest BCUT2D eigenvalue weighted by molar-refractivity contribution is -0.0936. The van der Waals surface area contributed by atoms with Crippen LogP contribution in [0.25, 0.3) is 0 Å². The molecule has 22 heavy (non-hydrogen) atoms. The second-order valence-corrected chi connectivity index (χ2v) is 5.21. The number of nitrogens with zero attached hydrogens (tertiary/aromatic N) is 1. The van der Waals surface area contributed by atoms with E-state index in [-0.39, 0.29) is 6.29 Å². The Balaban J connectivity index is 2.00. The van der Waals surface area contributed by atoms with Gasteiger partial charge in [-0.2, -0.15) is 0 Å². The Morgan fingerprint density at radius 1 is 1.00 bits per heavy atom. The van der Waals surface area contributed by atoms with Gasteiger partial charge in [-0.05, 0) is 17.2 Å². The summed E-state index contributed by atoms with van der Waals surface area (Å²) in [5, 5.41) is 3.46. The molecule has 0 spiro atoms. The lowest BCUT2D eigenvalue weighted by Crippen LogP contribution is -2.21. The monoisotopic (exact) mass is 296 g/mol. The topological polar surface area (TPSA) is 42.8 Å². The average molecular weight is 296 g/mol. The smallest absolute Gasteiger partial charge is 0.176 e. The van der Waals surface area contributed by atoms with Crippen molar-refractivity contribution in [1.82, 2.24) is 0 Å². The van der Waals surface area contributed by atoms with Crippen LogP contribution in [0.2, 0.25) is 0 Å². The molecule has 4 heteroatoms. The number of anilines is 1. The van der Waals surface area contributed by atoms with Crippen LogP contribution in [0.15, 0.2) is 53.5 Å². The zero-order chi connectivity index (χ0) is 15.4. The van der Waals surface area contributed by atoms with E-state index in [9.17, 15) is 0 Å². The molecule has 114 valence electrons. The van der Waals surface area contributed by atoms with Crippen LogP contribution in [0.5, 0.6) is 0 Å². The van der Waals surface area contributed by atoms with E-state index in [1.807, 2.05) is 12.1 Å². The highest BCUT2D eigenvalue weighted by atomic mass is 16.7. The maximum Gasteiger partial charge on any atom is 0.176 e. The molecule has 0 unspecified atom stereocenters. The molecule has 2 aromatic carbocycles. The number of hydrogen-bond donors (Lipinski definition) is 1. The minimum atomic E-state index is -0.333. The molecule has 0 saturated heterocycles. The molecule has 0 bridgehead atoms. The third-order valence-electron chi connectivity index (χ3n) is 3.85. The number of amidine groups is 1. The van der Waals surface area contributed by atoms with Gasteiger partial charge in [0, 0.05) is 31.9 Å². The van der Waals surface area contributed by atoms with E-state index in [0.717, 1.165) is 23.5 Å². The minimum absolute atomic E-state index is 0.333. The van der Waals surface area contributed by atoms with Crippen LogP contribution in [-0.4, -0.2) is 32.9 Å². The lowest BCUT2D eigenvalue weighted by atomic mass is 10.0. The molecular weight excluding hydrogens is 276 g/mol. The minimum Gasteiger partial charge on any atom is -0.354 e. The zero-order valence-corrected chi connectivity index (χ0v) is 12.9. The van der Waals surface area contributed by atoms with Crippen molar-refractivity contribution in [3.05, 3.63) is 65.2 Å². The van der Waals surface area contributed by atoms with Crippen LogP contribution in [-0.2, 0) is 15.9 Å². The molecule has 0 radical (unpaired) electrons. The molecule has 0 aliphatic carbocycles. The third kappa shape index (κ3) is 3.03. The molecule has 1 N–H and O–H groups in total. The number of para-hydroxylation sites is 1. The molecule has 0 amide bonds. The lowest BCUT2D eigenvalue weighted by Gasteiger charge is -2.14. The second kappa shape index (κ2) is 6.73. The molecular formula is C18H20N2O2. The van der Waals surface area contributed by atoms with Crippen molar-refractivity contribution in [3.8, 4) is 0 Å². The van der Waals surface area contributed by atoms with Crippen molar-refractivity contribution in [2.75, 3.05) is 26.1 Å². The van der Waals surface area contributed by atoms with Crippen molar-refractivity contribution in [2.45, 2.75) is 12.7 Å². The Hall–Kier alpha value is -2.17. The molecule has 0 atom stereocenters. The zero-order valence-electron chi connectivity index (χ0n) is 12.9. The first-order valence-corrected chi connectivity index (χ1v) is 7.35. The van der Waals surface area contributed by atoms with Gasteiger partial charge < -0.3 is 14.8 Å². The summed E-state index contributed by atoms with van der Waals surface area (Å²) < 4.78 is 10.4. The van der Waals surface area contributed by atoms with Gasteiger partial charge in [-0.15, -0.1) is 0 Å². The van der Waals surface area contributed by atoms with Gasteiger partial charge in [0.25, 0.3) is 0 Å². The fourth-order valence-corrected chi connectivity index (χ4v) is 2.64. The van der Waals surface area contributed by atoms with Crippen LogP contribution in [0, 0.1) is 0 Å². The van der Waals surface area contributed by atoms with E-state index in [1.165, 1.54) is 11.1 Å². The normalized spacial score (nSPS) is 15.1. The van der Waals surface area contributed by atoms with Crippen molar-refractivity contribution in [1.29, 1.82) is 0 Å². The Kier molecular flexibility index (Phi) is 4.51. The van der Waals surface area contributed by atoms with E-state index in [4.69, 9.17) is 9.47 Å². The standard InChI is InChI=1S/C18H20N2O2/c1-21-17(22-2)12-19-18-15-9-5-3-7-13(15)11-14-8-4-6-10-16(14)20-18/h3-10,17H,11-12H2,1-2H3,(H,19,20). The fourth-order valence-electron chi connectivity index (χ4n) is 2.64. The number of benzene rings is 2. The van der Waals surface area contributed by atoms with Gasteiger partial charge >= 0.3 is 0 Å². The first kappa shape index (κ1) is 14.8. The van der Waals surface area contributed by atoms with Gasteiger partial charge in [-0.25, -0.2) is 0 Å². The Labute approximate surface area is 130 Å². The second-order valence-electron chi connectivity index (χ2n) is 5.21. The van der Waals surface area contributed by atoms with Crippen molar-refractivity contribution in [2.24, 2.45) is 4.99 Å². The summed E-state index contributed by atoms with van der Waals surface area (Å²) in [6.45, 7) is 0.450. The number of nitrogens with one attached hydrogen (secondary N) is 1. The van der Waals surface area contributed by atoms with Gasteiger partial charge in [0.1, 0.15) is 5.84 Å². The Bertz CT molecular complexity index is 678. The van der Waals surface area contributed by atoms with Crippen LogP contribution in [0.1, 0.15) is 16.7 Å². The first-order chi connectivity index (χ1) is 10.8. The van der Waals surface area contributed by atoms with E-state index < -0.39 is 0 Å². The van der Waals surface area contributed by atoms with Crippen LogP contribution >= 0.6 is 0 Å². The predicted octanol–water partition coefficient (Wildman–Crippen LogP) is 3.07. The summed E-state index contributed by atoms with van der Waals surface area (Å²) in [7, 11) is 3.25. The highest BCUT2D eigenvalue weighted by molar-refractivity contribution is 6.10. The fraction of sp³-hybridized carbons (Fsp3) is 0.278. The highest BCUT2D eigenvalue weighted by Gasteiger charge is 2.17. The predicted molar refractivity (Wildman–Crippen MR) is 88.5 cm³/mol. The summed E-state index contributed by atoms with van der Waals surface area (Å²) in [4.78, 5) is 4.68. The molecule has 1 aliphatic rings. The SMILES string of the molecule is COC(CN=C1Nc2ccccc2Cc2ccccc21)OC. The van der Waals surface area contributed by atoms with Gasteiger partial charge in [-0.3, -0.25) is 4.99 Å². The number of methoxy groups -OCH3 is 2. The van der Waals surface area contributed by atoms with Gasteiger partial charge in [0.15, 0.2) is 6.29 Å². The third-order valence-corrected chi connectivity index (χ3v) is 3.85. The molecule has 4 nitrogen and oxygen atoms in total. The first-order valence-electron chi connectivity index (χ1n) is 7.35. The maximum atomic E-state index is 5.22. The number of rotatable bonds is 4. The van der Waals surface area contributed by atoms with Crippen molar-refractivity contribution >= 4 is 11.5 Å². The molecule has 3 rings (SSSR count). The summed E-state index contributed by atoms with van der Waals surface area (Å²) in [5.41, 5.74) is 4.77. The summed E-state index contributed by atoms with van der Waals surface area (Å²) in [6, 6.07) is 16.7. The largest absolute Gasteiger partial charge is 0.354 e. The Morgan fingerprint density at radius 3 is 2.45 bits per heavy atom. The van der Waals surface area contributed by atoms with E-state index in [1.54, 1.807) is 14.2 Å². The van der Waals surface area contributed by atoms with Crippen LogP contribution < -0.4 is 5.32 Å². The number of aliphatic imine (C=N–C) groups is 1. The average Bonchev–Trinajstić information content (AvgIpc) is 2.72. The van der Waals surface area contributed by atoms with Crippen LogP contribution in [0.4, 0.5) is 5.69 Å². The van der Waals surface area contributed by atoms with E-state index in [2.05, 4.69) is 46.7 Å². The number of fused-ring (bicyclic) bond motifs is 2. The highest BCUT2D eigenvalue weighted by Crippen LogP contribution is 2.26. The summed E-state index contributed by atoms with van der Waals surface area (Å²) in [5.74, 6) is 0.861. The van der Waals surface area contributed by atoms with E-state index >= 15 is 0 Å².